The molecule has 0 atom stereocenters. The lowest BCUT2D eigenvalue weighted by Crippen LogP contribution is -1.95. The third-order valence-corrected chi connectivity index (χ3v) is 5.86. The molecule has 0 fully saturated rings. The van der Waals surface area contributed by atoms with Gasteiger partial charge in [0.25, 0.3) is 0 Å². The van der Waals surface area contributed by atoms with E-state index in [0.717, 1.165) is 39.1 Å². The van der Waals surface area contributed by atoms with Crippen LogP contribution < -0.4 is 5.32 Å². The van der Waals surface area contributed by atoms with Crippen molar-refractivity contribution < 1.29 is 0 Å². The SMILES string of the molecule is C=C(/C=C\C=C/C)c1cc(-c2ccc3[nH]c4ccccc4c3c2)ccc1Nc1ccccc1. The molecule has 0 unspecified atom stereocenters. The first-order valence-corrected chi connectivity index (χ1v) is 11.2. The summed E-state index contributed by atoms with van der Waals surface area (Å²) < 4.78 is 0. The summed E-state index contributed by atoms with van der Waals surface area (Å²) in [7, 11) is 0. The van der Waals surface area contributed by atoms with Gasteiger partial charge in [-0.05, 0) is 66.1 Å². The lowest BCUT2D eigenvalue weighted by molar-refractivity contribution is 1.51. The molecule has 5 aromatic rings. The Hall–Kier alpha value is -4.30. The number of aromatic amines is 1. The second-order valence-corrected chi connectivity index (χ2v) is 8.09. The van der Waals surface area contributed by atoms with Crippen molar-refractivity contribution in [2.75, 3.05) is 5.32 Å². The van der Waals surface area contributed by atoms with Gasteiger partial charge in [0.05, 0.1) is 0 Å². The molecule has 33 heavy (non-hydrogen) atoms. The Morgan fingerprint density at radius 1 is 0.758 bits per heavy atom. The van der Waals surface area contributed by atoms with E-state index >= 15 is 0 Å². The van der Waals surface area contributed by atoms with Crippen LogP contribution in [0.3, 0.4) is 0 Å². The summed E-state index contributed by atoms with van der Waals surface area (Å²) in [5.41, 5.74) is 8.79. The molecular weight excluding hydrogens is 400 g/mol. The summed E-state index contributed by atoms with van der Waals surface area (Å²) in [5, 5.41) is 6.04. The second-order valence-electron chi connectivity index (χ2n) is 8.09. The summed E-state index contributed by atoms with van der Waals surface area (Å²) in [6.07, 6.45) is 8.11. The lowest BCUT2D eigenvalue weighted by atomic mass is 9.96. The van der Waals surface area contributed by atoms with Gasteiger partial charge in [0.2, 0.25) is 0 Å². The van der Waals surface area contributed by atoms with Crippen molar-refractivity contribution in [2.45, 2.75) is 6.92 Å². The molecule has 0 aliphatic rings. The van der Waals surface area contributed by atoms with Crippen LogP contribution in [0.15, 0.2) is 122 Å². The number of hydrogen-bond donors (Lipinski definition) is 2. The number of fused-ring (bicyclic) bond motifs is 3. The maximum atomic E-state index is 4.35. The number of allylic oxidation sites excluding steroid dienone is 5. The average Bonchev–Trinajstić information content (AvgIpc) is 3.23. The fourth-order valence-corrected chi connectivity index (χ4v) is 4.18. The first-order chi connectivity index (χ1) is 16.2. The summed E-state index contributed by atoms with van der Waals surface area (Å²) in [6, 6.07) is 31.8. The summed E-state index contributed by atoms with van der Waals surface area (Å²) >= 11 is 0. The van der Waals surface area contributed by atoms with Crippen LogP contribution in [-0.2, 0) is 0 Å². The molecule has 0 saturated heterocycles. The zero-order valence-electron chi connectivity index (χ0n) is 18.7. The van der Waals surface area contributed by atoms with Crippen LogP contribution in [0.25, 0.3) is 38.5 Å². The van der Waals surface area contributed by atoms with Gasteiger partial charge in [-0.25, -0.2) is 0 Å². The largest absolute Gasteiger partial charge is 0.355 e. The quantitative estimate of drug-likeness (QED) is 0.261. The Morgan fingerprint density at radius 2 is 1.48 bits per heavy atom. The predicted octanol–water partition coefficient (Wildman–Crippen LogP) is 8.88. The number of benzene rings is 4. The van der Waals surface area contributed by atoms with Crippen LogP contribution in [0.5, 0.6) is 0 Å². The topological polar surface area (TPSA) is 27.8 Å². The normalized spacial score (nSPS) is 11.7. The molecule has 2 nitrogen and oxygen atoms in total. The van der Waals surface area contributed by atoms with E-state index in [1.54, 1.807) is 0 Å². The molecule has 0 spiro atoms. The number of hydrogen-bond acceptors (Lipinski definition) is 1. The van der Waals surface area contributed by atoms with Gasteiger partial charge in [0.15, 0.2) is 0 Å². The van der Waals surface area contributed by atoms with Gasteiger partial charge in [-0.15, -0.1) is 0 Å². The first-order valence-electron chi connectivity index (χ1n) is 11.2. The Labute approximate surface area is 194 Å². The highest BCUT2D eigenvalue weighted by molar-refractivity contribution is 6.08. The Kier molecular flexibility index (Phi) is 5.65. The molecule has 0 saturated carbocycles. The van der Waals surface area contributed by atoms with E-state index in [9.17, 15) is 0 Å². The molecular formula is C31H26N2. The maximum Gasteiger partial charge on any atom is 0.0465 e. The average molecular weight is 427 g/mol. The number of rotatable bonds is 6. The monoisotopic (exact) mass is 426 g/mol. The van der Waals surface area contributed by atoms with E-state index in [4.69, 9.17) is 0 Å². The van der Waals surface area contributed by atoms with Crippen LogP contribution in [0.1, 0.15) is 12.5 Å². The van der Waals surface area contributed by atoms with Crippen molar-refractivity contribution in [1.29, 1.82) is 0 Å². The summed E-state index contributed by atoms with van der Waals surface area (Å²) in [5.74, 6) is 0. The minimum atomic E-state index is 0.960. The van der Waals surface area contributed by atoms with Crippen LogP contribution in [0.4, 0.5) is 11.4 Å². The van der Waals surface area contributed by atoms with Crippen molar-refractivity contribution >= 4 is 38.8 Å². The lowest BCUT2D eigenvalue weighted by Gasteiger charge is -2.15. The molecule has 0 amide bonds. The standard InChI is InChI=1S/C31H26N2/c1-3-4-6-11-22(2)27-20-23(16-18-30(27)32-25-12-7-5-8-13-25)24-17-19-31-28(21-24)26-14-9-10-15-29(26)33-31/h3-21,32-33H,2H2,1H3/b4-3-,11-6-. The molecule has 1 heterocycles. The number of anilines is 2. The highest BCUT2D eigenvalue weighted by atomic mass is 14.9. The van der Waals surface area contributed by atoms with Crippen molar-refractivity contribution in [2.24, 2.45) is 0 Å². The maximum absolute atomic E-state index is 4.35. The van der Waals surface area contributed by atoms with Gasteiger partial charge in [-0.3, -0.25) is 0 Å². The van der Waals surface area contributed by atoms with Crippen molar-refractivity contribution in [3.05, 3.63) is 127 Å². The molecule has 160 valence electrons. The van der Waals surface area contributed by atoms with E-state index in [0.29, 0.717) is 0 Å². The zero-order chi connectivity index (χ0) is 22.6. The van der Waals surface area contributed by atoms with Crippen molar-refractivity contribution in [1.82, 2.24) is 4.98 Å². The molecule has 0 radical (unpaired) electrons. The Morgan fingerprint density at radius 3 is 2.33 bits per heavy atom. The van der Waals surface area contributed by atoms with Crippen LogP contribution in [0, 0.1) is 0 Å². The molecule has 0 bridgehead atoms. The molecule has 5 rings (SSSR count). The van der Waals surface area contributed by atoms with Gasteiger partial charge in [-0.1, -0.05) is 79.4 Å². The van der Waals surface area contributed by atoms with E-state index in [2.05, 4.69) is 95.8 Å². The smallest absolute Gasteiger partial charge is 0.0465 e. The van der Waals surface area contributed by atoms with E-state index < -0.39 is 0 Å². The van der Waals surface area contributed by atoms with Crippen molar-refractivity contribution in [3.63, 3.8) is 0 Å². The second kappa shape index (κ2) is 9.05. The van der Waals surface area contributed by atoms with Gasteiger partial charge in [-0.2, -0.15) is 0 Å². The van der Waals surface area contributed by atoms with Crippen LogP contribution in [0.2, 0.25) is 0 Å². The number of para-hydroxylation sites is 2. The van der Waals surface area contributed by atoms with Crippen LogP contribution >= 0.6 is 0 Å². The van der Waals surface area contributed by atoms with E-state index in [1.165, 1.54) is 16.3 Å². The highest BCUT2D eigenvalue weighted by Gasteiger charge is 2.10. The third kappa shape index (κ3) is 4.24. The summed E-state index contributed by atoms with van der Waals surface area (Å²) in [4.78, 5) is 3.51. The van der Waals surface area contributed by atoms with Crippen molar-refractivity contribution in [3.8, 4) is 11.1 Å². The minimum absolute atomic E-state index is 0.960. The fraction of sp³-hybridized carbons (Fsp3) is 0.0323. The zero-order valence-corrected chi connectivity index (χ0v) is 18.7. The minimum Gasteiger partial charge on any atom is -0.355 e. The number of aromatic nitrogens is 1. The highest BCUT2D eigenvalue weighted by Crippen LogP contribution is 2.34. The van der Waals surface area contributed by atoms with Gasteiger partial charge in [0.1, 0.15) is 0 Å². The van der Waals surface area contributed by atoms with Gasteiger partial charge >= 0.3 is 0 Å². The molecule has 1 aromatic heterocycles. The van der Waals surface area contributed by atoms with Gasteiger partial charge < -0.3 is 10.3 Å². The Bertz CT molecular complexity index is 1500. The molecule has 2 heteroatoms. The molecule has 2 N–H and O–H groups in total. The fourth-order valence-electron chi connectivity index (χ4n) is 4.18. The summed E-state index contributed by atoms with van der Waals surface area (Å²) in [6.45, 7) is 6.36. The molecule has 0 aliphatic heterocycles. The van der Waals surface area contributed by atoms with Gasteiger partial charge in [0, 0.05) is 38.7 Å². The predicted molar refractivity (Wildman–Crippen MR) is 144 cm³/mol. The Balaban J connectivity index is 1.59. The third-order valence-electron chi connectivity index (χ3n) is 5.86. The number of nitrogens with one attached hydrogen (secondary N) is 2. The van der Waals surface area contributed by atoms with Crippen LogP contribution in [-0.4, -0.2) is 4.98 Å². The molecule has 0 aliphatic carbocycles. The first kappa shape index (κ1) is 20.6. The van der Waals surface area contributed by atoms with E-state index in [-0.39, 0.29) is 0 Å². The molecule has 4 aromatic carbocycles. The van der Waals surface area contributed by atoms with E-state index in [1.807, 2.05) is 43.4 Å². The number of H-pyrrole nitrogens is 1.